The molecule has 0 atom stereocenters. The second-order valence-electron chi connectivity index (χ2n) is 4.31. The number of aryl methyl sites for hydroxylation is 1. The first kappa shape index (κ1) is 14.8. The van der Waals surface area contributed by atoms with E-state index in [2.05, 4.69) is 9.71 Å². The second kappa shape index (κ2) is 5.78. The standard InChI is InChI=1S/C13H14ClN3O2S/c1-9-2-3-10(7-16-9)8-17-20(18,19)13-5-4-11(14)6-12(13)15/h2-7,17H,8,15H2,1H3. The second-order valence-corrected chi connectivity index (χ2v) is 6.49. The van der Waals surface area contributed by atoms with Crippen LogP contribution in [0.1, 0.15) is 11.3 Å². The lowest BCUT2D eigenvalue weighted by atomic mass is 10.2. The highest BCUT2D eigenvalue weighted by Crippen LogP contribution is 2.22. The molecule has 7 heteroatoms. The molecule has 0 radical (unpaired) electrons. The fourth-order valence-corrected chi connectivity index (χ4v) is 2.93. The molecule has 2 rings (SSSR count). The Morgan fingerprint density at radius 3 is 2.65 bits per heavy atom. The van der Waals surface area contributed by atoms with Crippen molar-refractivity contribution >= 4 is 27.3 Å². The number of halogens is 1. The van der Waals surface area contributed by atoms with Crippen LogP contribution in [0.3, 0.4) is 0 Å². The Morgan fingerprint density at radius 1 is 1.30 bits per heavy atom. The molecule has 20 heavy (non-hydrogen) atoms. The van der Waals surface area contributed by atoms with Crippen LogP contribution in [0.2, 0.25) is 5.02 Å². The van der Waals surface area contributed by atoms with Crippen molar-refractivity contribution in [2.75, 3.05) is 5.73 Å². The van der Waals surface area contributed by atoms with Crippen LogP contribution >= 0.6 is 11.6 Å². The maximum absolute atomic E-state index is 12.1. The lowest BCUT2D eigenvalue weighted by Gasteiger charge is -2.09. The van der Waals surface area contributed by atoms with Gasteiger partial charge in [0.05, 0.1) is 5.69 Å². The zero-order valence-electron chi connectivity index (χ0n) is 10.8. The maximum Gasteiger partial charge on any atom is 0.242 e. The molecule has 2 aromatic rings. The largest absolute Gasteiger partial charge is 0.398 e. The first-order valence-corrected chi connectivity index (χ1v) is 7.71. The van der Waals surface area contributed by atoms with Gasteiger partial charge in [0.2, 0.25) is 10.0 Å². The molecule has 0 spiro atoms. The molecule has 3 N–H and O–H groups in total. The molecule has 0 fully saturated rings. The van der Waals surface area contributed by atoms with Crippen molar-refractivity contribution in [3.8, 4) is 0 Å². The van der Waals surface area contributed by atoms with Gasteiger partial charge in [0, 0.05) is 23.5 Å². The Kier molecular flexibility index (Phi) is 4.27. The van der Waals surface area contributed by atoms with Gasteiger partial charge in [-0.15, -0.1) is 0 Å². The van der Waals surface area contributed by atoms with Crippen molar-refractivity contribution in [2.45, 2.75) is 18.4 Å². The van der Waals surface area contributed by atoms with Crippen molar-refractivity contribution < 1.29 is 8.42 Å². The van der Waals surface area contributed by atoms with E-state index >= 15 is 0 Å². The summed E-state index contributed by atoms with van der Waals surface area (Å²) in [6.07, 6.45) is 1.63. The third-order valence-corrected chi connectivity index (χ3v) is 4.41. The predicted octanol–water partition coefficient (Wildman–Crippen LogP) is 2.10. The topological polar surface area (TPSA) is 85.1 Å². The highest BCUT2D eigenvalue weighted by atomic mass is 35.5. The molecule has 0 amide bonds. The highest BCUT2D eigenvalue weighted by Gasteiger charge is 2.17. The van der Waals surface area contributed by atoms with Crippen molar-refractivity contribution in [3.05, 3.63) is 52.8 Å². The Hall–Kier alpha value is -1.63. The van der Waals surface area contributed by atoms with E-state index in [1.165, 1.54) is 18.2 Å². The number of nitrogens with one attached hydrogen (secondary N) is 1. The van der Waals surface area contributed by atoms with Crippen LogP contribution in [-0.4, -0.2) is 13.4 Å². The summed E-state index contributed by atoms with van der Waals surface area (Å²) in [4.78, 5) is 4.12. The number of pyridine rings is 1. The van der Waals surface area contributed by atoms with E-state index in [0.29, 0.717) is 5.02 Å². The number of nitrogen functional groups attached to an aromatic ring is 1. The first-order valence-electron chi connectivity index (χ1n) is 5.85. The minimum atomic E-state index is -3.68. The zero-order valence-corrected chi connectivity index (χ0v) is 12.4. The number of nitrogens with zero attached hydrogens (tertiary/aromatic N) is 1. The monoisotopic (exact) mass is 311 g/mol. The third-order valence-electron chi connectivity index (χ3n) is 2.70. The summed E-state index contributed by atoms with van der Waals surface area (Å²) in [6, 6.07) is 7.91. The summed E-state index contributed by atoms with van der Waals surface area (Å²) in [5, 5.41) is 0.393. The van der Waals surface area contributed by atoms with Gasteiger partial charge in [0.15, 0.2) is 0 Å². The SMILES string of the molecule is Cc1ccc(CNS(=O)(=O)c2ccc(Cl)cc2N)cn1. The molecule has 1 aromatic carbocycles. The number of benzene rings is 1. The van der Waals surface area contributed by atoms with E-state index in [9.17, 15) is 8.42 Å². The predicted molar refractivity (Wildman–Crippen MR) is 78.9 cm³/mol. The number of anilines is 1. The molecule has 5 nitrogen and oxygen atoms in total. The Labute approximate surface area is 122 Å². The molecular formula is C13H14ClN3O2S. The van der Waals surface area contributed by atoms with Crippen molar-refractivity contribution in [1.82, 2.24) is 9.71 Å². The van der Waals surface area contributed by atoms with Crippen LogP contribution in [0, 0.1) is 6.92 Å². The molecule has 0 saturated carbocycles. The number of hydrogen-bond acceptors (Lipinski definition) is 4. The lowest BCUT2D eigenvalue weighted by molar-refractivity contribution is 0.581. The van der Waals surface area contributed by atoms with Crippen molar-refractivity contribution in [2.24, 2.45) is 0 Å². The smallest absolute Gasteiger partial charge is 0.242 e. The quantitative estimate of drug-likeness (QED) is 0.847. The van der Waals surface area contributed by atoms with Gasteiger partial charge < -0.3 is 5.73 Å². The molecular weight excluding hydrogens is 298 g/mol. The van der Waals surface area contributed by atoms with Crippen LogP contribution in [0.5, 0.6) is 0 Å². The molecule has 0 unspecified atom stereocenters. The van der Waals surface area contributed by atoms with Crippen LogP contribution in [0.25, 0.3) is 0 Å². The van der Waals surface area contributed by atoms with E-state index < -0.39 is 10.0 Å². The molecule has 1 heterocycles. The van der Waals surface area contributed by atoms with Crippen LogP contribution in [0.15, 0.2) is 41.4 Å². The molecule has 0 aliphatic rings. The molecule has 0 saturated heterocycles. The van der Waals surface area contributed by atoms with Gasteiger partial charge in [-0.1, -0.05) is 17.7 Å². The Balaban J connectivity index is 2.17. The average molecular weight is 312 g/mol. The summed E-state index contributed by atoms with van der Waals surface area (Å²) < 4.78 is 26.8. The number of sulfonamides is 1. The summed E-state index contributed by atoms with van der Waals surface area (Å²) in [5.41, 5.74) is 7.44. The maximum atomic E-state index is 12.1. The van der Waals surface area contributed by atoms with Crippen molar-refractivity contribution in [1.29, 1.82) is 0 Å². The first-order chi connectivity index (χ1) is 9.38. The number of aromatic nitrogens is 1. The fraction of sp³-hybridized carbons (Fsp3) is 0.154. The van der Waals surface area contributed by atoms with Gasteiger partial charge in [0.25, 0.3) is 0 Å². The minimum absolute atomic E-state index is 0.0157. The number of rotatable bonds is 4. The van der Waals surface area contributed by atoms with Crippen LogP contribution in [0.4, 0.5) is 5.69 Å². The summed E-state index contributed by atoms with van der Waals surface area (Å²) in [7, 11) is -3.68. The Bertz CT molecular complexity index is 715. The lowest BCUT2D eigenvalue weighted by Crippen LogP contribution is -2.24. The van der Waals surface area contributed by atoms with E-state index in [1.807, 2.05) is 19.1 Å². The van der Waals surface area contributed by atoms with Gasteiger partial charge in [-0.2, -0.15) is 0 Å². The van der Waals surface area contributed by atoms with E-state index in [4.69, 9.17) is 17.3 Å². The average Bonchev–Trinajstić information content (AvgIpc) is 2.37. The van der Waals surface area contributed by atoms with Gasteiger partial charge in [0.1, 0.15) is 4.90 Å². The van der Waals surface area contributed by atoms with Gasteiger partial charge in [-0.05, 0) is 36.8 Å². The third kappa shape index (κ3) is 3.47. The molecule has 0 bridgehead atoms. The van der Waals surface area contributed by atoms with Gasteiger partial charge in [-0.3, -0.25) is 4.98 Å². The Morgan fingerprint density at radius 2 is 2.05 bits per heavy atom. The van der Waals surface area contributed by atoms with Crippen molar-refractivity contribution in [3.63, 3.8) is 0 Å². The number of hydrogen-bond donors (Lipinski definition) is 2. The van der Waals surface area contributed by atoms with E-state index in [1.54, 1.807) is 6.20 Å². The van der Waals surface area contributed by atoms with E-state index in [-0.39, 0.29) is 17.1 Å². The van der Waals surface area contributed by atoms with Crippen LogP contribution in [-0.2, 0) is 16.6 Å². The number of nitrogens with two attached hydrogens (primary N) is 1. The molecule has 1 aromatic heterocycles. The summed E-state index contributed by atoms with van der Waals surface area (Å²) >= 11 is 5.75. The molecule has 0 aliphatic carbocycles. The van der Waals surface area contributed by atoms with Gasteiger partial charge in [-0.25, -0.2) is 13.1 Å². The normalized spacial score (nSPS) is 11.5. The molecule has 106 valence electrons. The highest BCUT2D eigenvalue weighted by molar-refractivity contribution is 7.89. The summed E-state index contributed by atoms with van der Waals surface area (Å²) in [6.45, 7) is 2.01. The summed E-state index contributed by atoms with van der Waals surface area (Å²) in [5.74, 6) is 0. The fourth-order valence-electron chi connectivity index (χ4n) is 1.62. The zero-order chi connectivity index (χ0) is 14.8. The molecule has 0 aliphatic heterocycles. The minimum Gasteiger partial charge on any atom is -0.398 e. The van der Waals surface area contributed by atoms with E-state index in [0.717, 1.165) is 11.3 Å². The van der Waals surface area contributed by atoms with Crippen LogP contribution < -0.4 is 10.5 Å². The van der Waals surface area contributed by atoms with Gasteiger partial charge >= 0.3 is 0 Å².